The third-order valence-electron chi connectivity index (χ3n) is 6.38. The van der Waals surface area contributed by atoms with Crippen molar-refractivity contribution in [1.29, 1.82) is 0 Å². The Morgan fingerprint density at radius 2 is 1.67 bits per heavy atom. The molecule has 1 aromatic heterocycles. The normalized spacial score (nSPS) is 13.6. The molecule has 0 saturated heterocycles. The lowest BCUT2D eigenvalue weighted by Crippen LogP contribution is -2.33. The van der Waals surface area contributed by atoms with Crippen molar-refractivity contribution < 1.29 is 28.7 Å². The fourth-order valence-corrected chi connectivity index (χ4v) is 4.49. The second-order valence-corrected chi connectivity index (χ2v) is 9.15. The monoisotopic (exact) mass is 563 g/mol. The van der Waals surface area contributed by atoms with Crippen molar-refractivity contribution in [2.24, 2.45) is 10.1 Å². The van der Waals surface area contributed by atoms with Crippen LogP contribution in [0.15, 0.2) is 103 Å². The quantitative estimate of drug-likeness (QED) is 0.129. The van der Waals surface area contributed by atoms with Gasteiger partial charge < -0.3 is 19.1 Å². The number of carbonyl (C=O) groups is 2. The van der Waals surface area contributed by atoms with E-state index in [0.717, 1.165) is 5.56 Å². The van der Waals surface area contributed by atoms with Crippen LogP contribution in [0.4, 0.5) is 11.4 Å². The number of hydrogen-bond donors (Lipinski definition) is 1. The smallest absolute Gasteiger partial charge is 0.312 e. The molecule has 0 radical (unpaired) electrons. The van der Waals surface area contributed by atoms with Gasteiger partial charge in [0.25, 0.3) is 11.8 Å². The molecule has 208 valence electrons. The fourth-order valence-electron chi connectivity index (χ4n) is 4.49. The summed E-state index contributed by atoms with van der Waals surface area (Å²) in [5.41, 5.74) is 1.71. The van der Waals surface area contributed by atoms with Crippen LogP contribution in [0.5, 0.6) is 11.7 Å². The molecule has 1 aliphatic rings. The highest BCUT2D eigenvalue weighted by Gasteiger charge is 2.42. The highest BCUT2D eigenvalue weighted by atomic mass is 16.7. The molecule has 1 N–H and O–H groups in total. The van der Waals surface area contributed by atoms with Crippen molar-refractivity contribution in [3.05, 3.63) is 122 Å². The molecular weight excluding hydrogens is 544 g/mol. The van der Waals surface area contributed by atoms with Crippen molar-refractivity contribution in [3.63, 3.8) is 0 Å². The SMILES string of the molecule is CC([O-])=Nc1ccc(NN=c2c(=O)c3ccc(OCc4ccccc4)cc3c2=O)c2c1C(=O)N(Oc1ccco1)C2=O. The lowest BCUT2D eigenvalue weighted by atomic mass is 10.1. The van der Waals surface area contributed by atoms with Gasteiger partial charge in [-0.25, -0.2) is 0 Å². The zero-order chi connectivity index (χ0) is 29.4. The molecular formula is C30H19N4O8-. The summed E-state index contributed by atoms with van der Waals surface area (Å²) in [5.74, 6) is -2.13. The molecule has 0 atom stereocenters. The standard InChI is InChI=1S/C30H20N4O8/c1-16(35)31-21-11-12-22(25-24(21)29(38)34(30(25)39)42-23-8-5-13-40-23)32-33-26-27(36)19-10-9-18(14-20(19)28(26)37)41-15-17-6-3-2-4-7-17/h2-14,32H,15H2,1H3,(H,31,35)/p-1. The van der Waals surface area contributed by atoms with Crippen LogP contribution in [-0.4, -0.2) is 22.8 Å². The molecule has 0 spiro atoms. The summed E-state index contributed by atoms with van der Waals surface area (Å²) in [5, 5.41) is 16.0. The topological polar surface area (TPSA) is 163 Å². The molecule has 0 saturated carbocycles. The highest BCUT2D eigenvalue weighted by molar-refractivity contribution is 6.25. The number of benzene rings is 3. The number of carbonyl (C=O) groups excluding carboxylic acids is 2. The van der Waals surface area contributed by atoms with Crippen LogP contribution in [0.2, 0.25) is 0 Å². The molecule has 4 aromatic carbocycles. The average molecular weight is 564 g/mol. The predicted octanol–water partition coefficient (Wildman–Crippen LogP) is 2.54. The van der Waals surface area contributed by atoms with E-state index in [1.807, 2.05) is 30.3 Å². The van der Waals surface area contributed by atoms with E-state index in [2.05, 4.69) is 15.5 Å². The minimum atomic E-state index is -0.901. The van der Waals surface area contributed by atoms with E-state index >= 15 is 0 Å². The molecule has 2 amide bonds. The minimum absolute atomic E-state index is 0.0210. The zero-order valence-electron chi connectivity index (χ0n) is 21.8. The number of nitrogens with zero attached hydrogens (tertiary/aromatic N) is 3. The number of hydroxylamine groups is 2. The first-order chi connectivity index (χ1) is 20.3. The number of furan rings is 1. The van der Waals surface area contributed by atoms with Gasteiger partial charge in [-0.05, 0) is 54.8 Å². The maximum absolute atomic E-state index is 13.3. The van der Waals surface area contributed by atoms with E-state index in [4.69, 9.17) is 14.0 Å². The number of fused-ring (bicyclic) bond motifs is 2. The Hall–Kier alpha value is -6.04. The van der Waals surface area contributed by atoms with Gasteiger partial charge in [-0.3, -0.25) is 29.6 Å². The van der Waals surface area contributed by atoms with E-state index in [0.29, 0.717) is 10.8 Å². The van der Waals surface area contributed by atoms with Crippen molar-refractivity contribution >= 4 is 39.9 Å². The number of ether oxygens (including phenoxy) is 1. The van der Waals surface area contributed by atoms with Gasteiger partial charge in [-0.15, -0.1) is 0 Å². The van der Waals surface area contributed by atoms with Gasteiger partial charge in [0, 0.05) is 16.8 Å². The molecule has 0 aliphatic carbocycles. The molecule has 12 heteroatoms. The Morgan fingerprint density at radius 3 is 2.40 bits per heavy atom. The van der Waals surface area contributed by atoms with Gasteiger partial charge in [0.2, 0.25) is 10.9 Å². The van der Waals surface area contributed by atoms with E-state index in [-0.39, 0.29) is 45.8 Å². The van der Waals surface area contributed by atoms with Gasteiger partial charge in [0.1, 0.15) is 12.4 Å². The molecule has 6 rings (SSSR count). The summed E-state index contributed by atoms with van der Waals surface area (Å²) in [6.07, 6.45) is 1.29. The van der Waals surface area contributed by atoms with Gasteiger partial charge in [0.05, 0.1) is 28.8 Å². The summed E-state index contributed by atoms with van der Waals surface area (Å²) in [6.45, 7) is 1.46. The Bertz CT molecular complexity index is 2040. The van der Waals surface area contributed by atoms with Crippen LogP contribution in [0, 0.1) is 0 Å². The van der Waals surface area contributed by atoms with E-state index < -0.39 is 33.9 Å². The zero-order valence-corrected chi connectivity index (χ0v) is 21.8. The van der Waals surface area contributed by atoms with Gasteiger partial charge in [0.15, 0.2) is 5.36 Å². The summed E-state index contributed by atoms with van der Waals surface area (Å²) in [4.78, 5) is 61.7. The molecule has 0 unspecified atom stereocenters. The van der Waals surface area contributed by atoms with Crippen LogP contribution < -0.4 is 36.3 Å². The lowest BCUT2D eigenvalue weighted by Gasteiger charge is -2.11. The molecule has 12 nitrogen and oxygen atoms in total. The molecule has 1 aliphatic heterocycles. The summed E-state index contributed by atoms with van der Waals surface area (Å²) in [7, 11) is 0. The predicted molar refractivity (Wildman–Crippen MR) is 148 cm³/mol. The number of rotatable bonds is 8. The van der Waals surface area contributed by atoms with E-state index in [1.165, 1.54) is 49.6 Å². The van der Waals surface area contributed by atoms with Crippen LogP contribution in [0.25, 0.3) is 10.8 Å². The van der Waals surface area contributed by atoms with Crippen LogP contribution in [0.1, 0.15) is 33.2 Å². The van der Waals surface area contributed by atoms with Gasteiger partial charge >= 0.3 is 5.95 Å². The molecule has 0 fully saturated rings. The Morgan fingerprint density at radius 1 is 0.905 bits per heavy atom. The third-order valence-corrected chi connectivity index (χ3v) is 6.38. The molecule has 42 heavy (non-hydrogen) atoms. The van der Waals surface area contributed by atoms with Crippen LogP contribution in [0.3, 0.4) is 0 Å². The Kier molecular flexibility index (Phi) is 6.55. The minimum Gasteiger partial charge on any atom is -0.862 e. The number of aliphatic imine (C=N–C) groups is 1. The van der Waals surface area contributed by atoms with Gasteiger partial charge in [-0.2, -0.15) is 5.10 Å². The van der Waals surface area contributed by atoms with Crippen LogP contribution in [-0.2, 0) is 6.61 Å². The summed E-state index contributed by atoms with van der Waals surface area (Å²) in [6, 6.07) is 19.6. The van der Waals surface area contributed by atoms with Gasteiger partial charge in [-0.1, -0.05) is 35.4 Å². The second kappa shape index (κ2) is 10.5. The number of hydrogen-bond acceptors (Lipinski definition) is 11. The Labute approximate surface area is 236 Å². The first-order valence-electron chi connectivity index (χ1n) is 12.5. The average Bonchev–Trinajstić information content (AvgIpc) is 3.66. The first kappa shape index (κ1) is 26.2. The van der Waals surface area contributed by atoms with Crippen molar-refractivity contribution in [3.8, 4) is 11.7 Å². The second-order valence-electron chi connectivity index (χ2n) is 9.15. The number of nitrogens with one attached hydrogen (secondary N) is 1. The molecule has 0 bridgehead atoms. The highest BCUT2D eigenvalue weighted by Crippen LogP contribution is 2.37. The number of anilines is 1. The molecule has 5 aromatic rings. The number of amides is 2. The summed E-state index contributed by atoms with van der Waals surface area (Å²) >= 11 is 0. The summed E-state index contributed by atoms with van der Waals surface area (Å²) < 4.78 is 10.8. The number of imide groups is 1. The maximum Gasteiger partial charge on any atom is 0.312 e. The fraction of sp³-hybridized carbons (Fsp3) is 0.0667. The van der Waals surface area contributed by atoms with Crippen molar-refractivity contribution in [2.45, 2.75) is 13.5 Å². The lowest BCUT2D eigenvalue weighted by molar-refractivity contribution is -0.215. The largest absolute Gasteiger partial charge is 0.862 e. The van der Waals surface area contributed by atoms with E-state index in [1.54, 1.807) is 6.07 Å². The van der Waals surface area contributed by atoms with E-state index in [9.17, 15) is 24.3 Å². The van der Waals surface area contributed by atoms with Crippen molar-refractivity contribution in [1.82, 2.24) is 5.06 Å². The molecule has 2 heterocycles. The maximum atomic E-state index is 13.3. The van der Waals surface area contributed by atoms with Crippen molar-refractivity contribution in [2.75, 3.05) is 5.43 Å². The Balaban J connectivity index is 1.36. The van der Waals surface area contributed by atoms with Crippen LogP contribution >= 0.6 is 0 Å². The third kappa shape index (κ3) is 4.66. The first-order valence-corrected chi connectivity index (χ1v) is 12.5.